The SMILES string of the molecule is C[C@@H]([NH2+]CC(=O)N[C@@H]1CCCc2ccccc21)c1cccc(Cl)c1. The van der Waals surface area contributed by atoms with Crippen LogP contribution in [0.3, 0.4) is 0 Å². The lowest BCUT2D eigenvalue weighted by molar-refractivity contribution is -0.682. The third-order valence-electron chi connectivity index (χ3n) is 4.74. The minimum Gasteiger partial charge on any atom is -0.344 e. The predicted octanol–water partition coefficient (Wildman–Crippen LogP) is 3.16. The molecule has 0 saturated carbocycles. The van der Waals surface area contributed by atoms with Crippen LogP contribution in [0.2, 0.25) is 5.02 Å². The zero-order valence-electron chi connectivity index (χ0n) is 14.0. The monoisotopic (exact) mass is 343 g/mol. The van der Waals surface area contributed by atoms with Crippen LogP contribution in [0, 0.1) is 0 Å². The normalized spacial score (nSPS) is 17.8. The molecule has 0 unspecified atom stereocenters. The lowest BCUT2D eigenvalue weighted by Gasteiger charge is -2.26. The number of nitrogens with two attached hydrogens (primary N) is 1. The van der Waals surface area contributed by atoms with E-state index in [4.69, 9.17) is 11.6 Å². The van der Waals surface area contributed by atoms with Crippen molar-refractivity contribution in [1.82, 2.24) is 5.32 Å². The van der Waals surface area contributed by atoms with Gasteiger partial charge in [0.05, 0.1) is 6.04 Å². The third-order valence-corrected chi connectivity index (χ3v) is 4.97. The summed E-state index contributed by atoms with van der Waals surface area (Å²) < 4.78 is 0. The van der Waals surface area contributed by atoms with Crippen LogP contribution in [0.1, 0.15) is 48.5 Å². The standard InChI is InChI=1S/C20H23ClN2O/c1-14(16-8-4-9-17(21)12-16)22-13-20(24)23-19-11-5-7-15-6-2-3-10-18(15)19/h2-4,6,8-10,12,14,19,22H,5,7,11,13H2,1H3,(H,23,24)/p+1/t14-,19-/m1/s1. The van der Waals surface area contributed by atoms with E-state index in [2.05, 4.69) is 41.8 Å². The molecule has 1 amide bonds. The maximum absolute atomic E-state index is 12.4. The van der Waals surface area contributed by atoms with Crippen LogP contribution in [0.25, 0.3) is 0 Å². The fourth-order valence-corrected chi connectivity index (χ4v) is 3.57. The Morgan fingerprint density at radius 1 is 1.29 bits per heavy atom. The van der Waals surface area contributed by atoms with E-state index in [0.717, 1.165) is 29.8 Å². The summed E-state index contributed by atoms with van der Waals surface area (Å²) in [5, 5.41) is 5.98. The van der Waals surface area contributed by atoms with E-state index in [0.29, 0.717) is 6.54 Å². The molecule has 0 heterocycles. The van der Waals surface area contributed by atoms with Crippen LogP contribution in [0.15, 0.2) is 48.5 Å². The van der Waals surface area contributed by atoms with Crippen molar-refractivity contribution in [3.05, 3.63) is 70.2 Å². The molecule has 24 heavy (non-hydrogen) atoms. The first kappa shape index (κ1) is 17.0. The van der Waals surface area contributed by atoms with Gasteiger partial charge in [-0.15, -0.1) is 0 Å². The Bertz CT molecular complexity index is 716. The summed E-state index contributed by atoms with van der Waals surface area (Å²) in [5.74, 6) is 0.0885. The van der Waals surface area contributed by atoms with Gasteiger partial charge in [-0.3, -0.25) is 4.79 Å². The van der Waals surface area contributed by atoms with Gasteiger partial charge in [-0.1, -0.05) is 48.0 Å². The fraction of sp³-hybridized carbons (Fsp3) is 0.350. The number of hydrogen-bond donors (Lipinski definition) is 2. The molecule has 0 bridgehead atoms. The molecule has 1 aliphatic rings. The smallest absolute Gasteiger partial charge is 0.275 e. The molecule has 4 heteroatoms. The highest BCUT2D eigenvalue weighted by atomic mass is 35.5. The zero-order chi connectivity index (χ0) is 16.9. The number of halogens is 1. The Morgan fingerprint density at radius 2 is 2.12 bits per heavy atom. The van der Waals surface area contributed by atoms with E-state index in [9.17, 15) is 4.79 Å². The van der Waals surface area contributed by atoms with E-state index in [1.165, 1.54) is 11.1 Å². The number of quaternary nitrogens is 1. The van der Waals surface area contributed by atoms with E-state index in [1.54, 1.807) is 0 Å². The van der Waals surface area contributed by atoms with Crippen LogP contribution in [-0.2, 0) is 11.2 Å². The van der Waals surface area contributed by atoms with Gasteiger partial charge in [-0.05, 0) is 49.4 Å². The molecule has 3 nitrogen and oxygen atoms in total. The van der Waals surface area contributed by atoms with E-state index >= 15 is 0 Å². The third kappa shape index (κ3) is 4.16. The largest absolute Gasteiger partial charge is 0.344 e. The average molecular weight is 344 g/mol. The van der Waals surface area contributed by atoms with Crippen LogP contribution in [0.4, 0.5) is 0 Å². The van der Waals surface area contributed by atoms with E-state index in [-0.39, 0.29) is 18.0 Å². The number of carbonyl (C=O) groups excluding carboxylic acids is 1. The molecule has 2 atom stereocenters. The molecule has 0 saturated heterocycles. The number of amides is 1. The summed E-state index contributed by atoms with van der Waals surface area (Å²) in [6, 6.07) is 16.6. The molecule has 0 aromatic heterocycles. The second-order valence-electron chi connectivity index (χ2n) is 6.49. The first-order valence-corrected chi connectivity index (χ1v) is 8.97. The average Bonchev–Trinajstić information content (AvgIpc) is 2.60. The highest BCUT2D eigenvalue weighted by Gasteiger charge is 2.22. The van der Waals surface area contributed by atoms with Crippen molar-refractivity contribution in [2.45, 2.75) is 38.3 Å². The summed E-state index contributed by atoms with van der Waals surface area (Å²) in [5.41, 5.74) is 3.78. The van der Waals surface area contributed by atoms with Gasteiger partial charge in [-0.2, -0.15) is 0 Å². The lowest BCUT2D eigenvalue weighted by atomic mass is 9.88. The summed E-state index contributed by atoms with van der Waals surface area (Å²) in [7, 11) is 0. The summed E-state index contributed by atoms with van der Waals surface area (Å²) in [6.07, 6.45) is 3.26. The van der Waals surface area contributed by atoms with Crippen molar-refractivity contribution < 1.29 is 10.1 Å². The van der Waals surface area contributed by atoms with Gasteiger partial charge >= 0.3 is 0 Å². The number of benzene rings is 2. The van der Waals surface area contributed by atoms with Crippen molar-refractivity contribution in [1.29, 1.82) is 0 Å². The first-order chi connectivity index (χ1) is 11.6. The molecule has 3 N–H and O–H groups in total. The van der Waals surface area contributed by atoms with Gasteiger partial charge in [0, 0.05) is 10.6 Å². The van der Waals surface area contributed by atoms with Gasteiger partial charge in [0.25, 0.3) is 5.91 Å². The molecule has 0 radical (unpaired) electrons. The van der Waals surface area contributed by atoms with Crippen LogP contribution in [0.5, 0.6) is 0 Å². The Kier molecular flexibility index (Phi) is 5.54. The van der Waals surface area contributed by atoms with Crippen molar-refractivity contribution in [3.63, 3.8) is 0 Å². The Hall–Kier alpha value is -1.84. The van der Waals surface area contributed by atoms with Crippen molar-refractivity contribution in [2.24, 2.45) is 0 Å². The molecule has 0 spiro atoms. The van der Waals surface area contributed by atoms with Gasteiger partial charge in [0.2, 0.25) is 0 Å². The number of aryl methyl sites for hydroxylation is 1. The number of fused-ring (bicyclic) bond motifs is 1. The number of carbonyl (C=O) groups is 1. The minimum absolute atomic E-state index is 0.0885. The van der Waals surface area contributed by atoms with Crippen LogP contribution in [-0.4, -0.2) is 12.5 Å². The Balaban J connectivity index is 1.55. The lowest BCUT2D eigenvalue weighted by Crippen LogP contribution is -2.87. The fourth-order valence-electron chi connectivity index (χ4n) is 3.37. The molecule has 2 aromatic rings. The summed E-state index contributed by atoms with van der Waals surface area (Å²) in [4.78, 5) is 12.4. The topological polar surface area (TPSA) is 45.7 Å². The van der Waals surface area contributed by atoms with Gasteiger partial charge in [-0.25, -0.2) is 0 Å². The van der Waals surface area contributed by atoms with Crippen LogP contribution >= 0.6 is 11.6 Å². The highest BCUT2D eigenvalue weighted by Crippen LogP contribution is 2.29. The number of nitrogens with one attached hydrogen (secondary N) is 1. The maximum Gasteiger partial charge on any atom is 0.275 e. The minimum atomic E-state index is 0.0885. The highest BCUT2D eigenvalue weighted by molar-refractivity contribution is 6.30. The van der Waals surface area contributed by atoms with E-state index in [1.807, 2.05) is 24.3 Å². The van der Waals surface area contributed by atoms with Gasteiger partial charge in [0.15, 0.2) is 6.54 Å². The van der Waals surface area contributed by atoms with Crippen molar-refractivity contribution in [3.8, 4) is 0 Å². The zero-order valence-corrected chi connectivity index (χ0v) is 14.7. The molecule has 3 rings (SSSR count). The molecule has 126 valence electrons. The molecule has 0 fully saturated rings. The molecule has 0 aliphatic heterocycles. The quantitative estimate of drug-likeness (QED) is 0.860. The second-order valence-corrected chi connectivity index (χ2v) is 6.93. The first-order valence-electron chi connectivity index (χ1n) is 8.59. The number of hydrogen-bond acceptors (Lipinski definition) is 1. The van der Waals surface area contributed by atoms with Gasteiger partial charge in [0.1, 0.15) is 6.04 Å². The number of rotatable bonds is 5. The van der Waals surface area contributed by atoms with Crippen molar-refractivity contribution >= 4 is 17.5 Å². The van der Waals surface area contributed by atoms with Gasteiger partial charge < -0.3 is 10.6 Å². The molecular weight excluding hydrogens is 320 g/mol. The predicted molar refractivity (Wildman–Crippen MR) is 96.9 cm³/mol. The van der Waals surface area contributed by atoms with Crippen LogP contribution < -0.4 is 10.6 Å². The molecule has 1 aliphatic carbocycles. The summed E-state index contributed by atoms with van der Waals surface area (Å²) in [6.45, 7) is 2.52. The van der Waals surface area contributed by atoms with E-state index < -0.39 is 0 Å². The second kappa shape index (κ2) is 7.82. The van der Waals surface area contributed by atoms with Crippen molar-refractivity contribution in [2.75, 3.05) is 6.54 Å². The maximum atomic E-state index is 12.4. The molecule has 2 aromatic carbocycles. The summed E-state index contributed by atoms with van der Waals surface area (Å²) >= 11 is 6.04. The Labute approximate surface area is 148 Å². The molecular formula is C20H24ClN2O+. The Morgan fingerprint density at radius 3 is 2.96 bits per heavy atom.